The molecule has 0 aromatic rings. The first kappa shape index (κ1) is 63.2. The molecule has 0 saturated carbocycles. The van der Waals surface area contributed by atoms with Gasteiger partial charge in [-0.2, -0.15) is 0 Å². The Morgan fingerprint density at radius 2 is 0.580 bits per heavy atom. The van der Waals surface area contributed by atoms with Crippen LogP contribution in [0.1, 0.15) is 162 Å². The summed E-state index contributed by atoms with van der Waals surface area (Å²) in [6.45, 7) is 6.05. The van der Waals surface area contributed by atoms with Crippen molar-refractivity contribution in [3.63, 3.8) is 0 Å². The second-order valence-electron chi connectivity index (χ2n) is 15.9. The van der Waals surface area contributed by atoms with Gasteiger partial charge in [-0.1, -0.05) is 215 Å². The SMILES string of the molecule is CC/C=C\C/C=C\C/C=C\C/C=C\C/C=C\C/C=C\CCC(=O)OCC(COC(=O)C/C=C\C/C=C\C/C=C\C/C=C\C/C=C\CC)OC(=O)CCC/C=C\C/C=C\C/C=C\C/C=C\C/C=C\CC. The summed E-state index contributed by atoms with van der Waals surface area (Å²) in [4.78, 5) is 37.9. The van der Waals surface area contributed by atoms with E-state index in [1.54, 1.807) is 6.08 Å². The number of allylic oxidation sites excluding steroid dienone is 31. The van der Waals surface area contributed by atoms with E-state index in [1.165, 1.54) is 0 Å². The average molecular weight is 943 g/mol. The van der Waals surface area contributed by atoms with Crippen molar-refractivity contribution in [2.45, 2.75) is 168 Å². The lowest BCUT2D eigenvalue weighted by Crippen LogP contribution is -2.30. The molecule has 0 rings (SSSR count). The molecule has 6 heteroatoms. The molecule has 0 aliphatic rings. The third kappa shape index (κ3) is 53.1. The molecule has 1 unspecified atom stereocenters. The highest BCUT2D eigenvalue weighted by atomic mass is 16.6. The summed E-state index contributed by atoms with van der Waals surface area (Å²) in [5.74, 6) is -1.27. The first-order chi connectivity index (χ1) is 34.0. The summed E-state index contributed by atoms with van der Waals surface area (Å²) in [5, 5.41) is 0. The Balaban J connectivity index is 4.76. The van der Waals surface area contributed by atoms with Gasteiger partial charge in [-0.15, -0.1) is 0 Å². The summed E-state index contributed by atoms with van der Waals surface area (Å²) in [5.41, 5.74) is 0. The van der Waals surface area contributed by atoms with Gasteiger partial charge >= 0.3 is 17.9 Å². The third-order valence-electron chi connectivity index (χ3n) is 9.62. The first-order valence-corrected chi connectivity index (χ1v) is 25.9. The van der Waals surface area contributed by atoms with E-state index in [0.29, 0.717) is 19.3 Å². The third-order valence-corrected chi connectivity index (χ3v) is 9.62. The van der Waals surface area contributed by atoms with Crippen LogP contribution < -0.4 is 0 Å². The number of hydrogen-bond acceptors (Lipinski definition) is 6. The second kappa shape index (κ2) is 54.9. The fourth-order valence-electron chi connectivity index (χ4n) is 5.87. The van der Waals surface area contributed by atoms with Gasteiger partial charge < -0.3 is 14.2 Å². The van der Waals surface area contributed by atoms with Gasteiger partial charge in [0.2, 0.25) is 0 Å². The zero-order valence-electron chi connectivity index (χ0n) is 43.0. The quantitative estimate of drug-likeness (QED) is 0.0262. The van der Waals surface area contributed by atoms with Crippen LogP contribution in [0.25, 0.3) is 0 Å². The molecule has 0 radical (unpaired) electrons. The Labute approximate surface area is 420 Å². The number of unbranched alkanes of at least 4 members (excludes halogenated alkanes) is 1. The van der Waals surface area contributed by atoms with Crippen molar-refractivity contribution in [1.82, 2.24) is 0 Å². The fourth-order valence-corrected chi connectivity index (χ4v) is 5.87. The van der Waals surface area contributed by atoms with Crippen LogP contribution in [0.3, 0.4) is 0 Å². The van der Waals surface area contributed by atoms with Gasteiger partial charge in [0.05, 0.1) is 6.42 Å². The van der Waals surface area contributed by atoms with Crippen molar-refractivity contribution in [2.24, 2.45) is 0 Å². The van der Waals surface area contributed by atoms with Crippen molar-refractivity contribution >= 4 is 17.9 Å². The molecule has 378 valence electrons. The molecule has 0 saturated heterocycles. The van der Waals surface area contributed by atoms with Crippen LogP contribution in [-0.4, -0.2) is 37.2 Å². The average Bonchev–Trinajstić information content (AvgIpc) is 3.35. The Morgan fingerprint density at radius 1 is 0.304 bits per heavy atom. The summed E-state index contributed by atoms with van der Waals surface area (Å²) in [6, 6.07) is 0. The molecular weight excluding hydrogens is 853 g/mol. The van der Waals surface area contributed by atoms with E-state index < -0.39 is 24.0 Å². The molecule has 0 fully saturated rings. The maximum absolute atomic E-state index is 12.8. The molecule has 0 heterocycles. The lowest BCUT2D eigenvalue weighted by Gasteiger charge is -2.18. The maximum Gasteiger partial charge on any atom is 0.309 e. The van der Waals surface area contributed by atoms with Crippen LogP contribution in [0.15, 0.2) is 194 Å². The molecule has 0 aromatic carbocycles. The van der Waals surface area contributed by atoms with E-state index in [4.69, 9.17) is 14.2 Å². The molecule has 0 aliphatic heterocycles. The van der Waals surface area contributed by atoms with Crippen LogP contribution in [0.2, 0.25) is 0 Å². The molecule has 6 nitrogen and oxygen atoms in total. The molecule has 0 spiro atoms. The number of carbonyl (C=O) groups excluding carboxylic acids is 3. The highest BCUT2D eigenvalue weighted by Crippen LogP contribution is 2.07. The number of hydrogen-bond donors (Lipinski definition) is 0. The molecular formula is C63H90O6. The summed E-state index contributed by atoms with van der Waals surface area (Å²) in [6.07, 6.45) is 84.6. The van der Waals surface area contributed by atoms with Gasteiger partial charge in [-0.05, 0) is 122 Å². The monoisotopic (exact) mass is 943 g/mol. The van der Waals surface area contributed by atoms with Crippen LogP contribution in [-0.2, 0) is 28.6 Å². The molecule has 0 bridgehead atoms. The van der Waals surface area contributed by atoms with E-state index in [-0.39, 0.29) is 32.5 Å². The van der Waals surface area contributed by atoms with E-state index in [1.807, 2.05) is 18.2 Å². The highest BCUT2D eigenvalue weighted by Gasteiger charge is 2.19. The van der Waals surface area contributed by atoms with Crippen molar-refractivity contribution in [1.29, 1.82) is 0 Å². The molecule has 69 heavy (non-hydrogen) atoms. The van der Waals surface area contributed by atoms with Gasteiger partial charge in [-0.25, -0.2) is 0 Å². The molecule has 0 N–H and O–H groups in total. The second-order valence-corrected chi connectivity index (χ2v) is 15.9. The fraction of sp³-hybridized carbons (Fsp3) is 0.444. The molecule has 0 aliphatic carbocycles. The van der Waals surface area contributed by atoms with Crippen LogP contribution in [0.5, 0.6) is 0 Å². The topological polar surface area (TPSA) is 78.9 Å². The molecule has 1 atom stereocenters. The molecule has 0 aromatic heterocycles. The van der Waals surface area contributed by atoms with Crippen LogP contribution in [0, 0.1) is 0 Å². The van der Waals surface area contributed by atoms with Gasteiger partial charge in [0.25, 0.3) is 0 Å². The zero-order valence-corrected chi connectivity index (χ0v) is 43.0. The van der Waals surface area contributed by atoms with Crippen molar-refractivity contribution in [3.8, 4) is 0 Å². The first-order valence-electron chi connectivity index (χ1n) is 25.9. The Bertz CT molecular complexity index is 1750. The molecule has 0 amide bonds. The van der Waals surface area contributed by atoms with E-state index in [9.17, 15) is 14.4 Å². The lowest BCUT2D eigenvalue weighted by molar-refractivity contribution is -0.166. The number of esters is 3. The summed E-state index contributed by atoms with van der Waals surface area (Å²) < 4.78 is 16.6. The Kier molecular flexibility index (Phi) is 50.3. The van der Waals surface area contributed by atoms with Gasteiger partial charge in [0, 0.05) is 12.8 Å². The van der Waals surface area contributed by atoms with Gasteiger partial charge in [0.15, 0.2) is 6.10 Å². The van der Waals surface area contributed by atoms with Gasteiger partial charge in [0.1, 0.15) is 13.2 Å². The number of rotatable bonds is 43. The smallest absolute Gasteiger partial charge is 0.309 e. The zero-order chi connectivity index (χ0) is 50.0. The summed E-state index contributed by atoms with van der Waals surface area (Å²) >= 11 is 0. The minimum Gasteiger partial charge on any atom is -0.462 e. The predicted molar refractivity (Wildman–Crippen MR) is 297 cm³/mol. The summed E-state index contributed by atoms with van der Waals surface area (Å²) in [7, 11) is 0. The highest BCUT2D eigenvalue weighted by molar-refractivity contribution is 5.72. The number of ether oxygens (including phenoxy) is 3. The van der Waals surface area contributed by atoms with E-state index >= 15 is 0 Å². The minimum absolute atomic E-state index is 0.0905. The van der Waals surface area contributed by atoms with E-state index in [2.05, 4.69) is 191 Å². The van der Waals surface area contributed by atoms with Crippen LogP contribution >= 0.6 is 0 Å². The number of carbonyl (C=O) groups is 3. The van der Waals surface area contributed by atoms with Crippen molar-refractivity contribution < 1.29 is 28.6 Å². The minimum atomic E-state index is -0.890. The maximum atomic E-state index is 12.8. The normalized spacial score (nSPS) is 13.7. The lowest BCUT2D eigenvalue weighted by atomic mass is 10.2. The van der Waals surface area contributed by atoms with E-state index in [0.717, 1.165) is 103 Å². The van der Waals surface area contributed by atoms with Gasteiger partial charge in [-0.3, -0.25) is 14.4 Å². The van der Waals surface area contributed by atoms with Crippen molar-refractivity contribution in [2.75, 3.05) is 13.2 Å². The Hall–Kier alpha value is -5.75. The van der Waals surface area contributed by atoms with Crippen molar-refractivity contribution in [3.05, 3.63) is 194 Å². The van der Waals surface area contributed by atoms with Crippen LogP contribution in [0.4, 0.5) is 0 Å². The standard InChI is InChI=1S/C63H90O6/c1-4-7-10-13-16-19-22-25-28-30-31-33-35-38-41-44-47-50-53-56-62(65)68-59-60(58-67-61(64)55-52-49-46-43-40-37-34-27-24-21-18-15-12-9-6-3)69-63(66)57-54-51-48-45-42-39-36-32-29-26-23-20-17-14-11-8-5-2/h7-12,16-21,25-29,31,33-34,36,38-41,43,45,47-50,52,60H,4-6,13-15,22-24,30,32,35,37,42,44,46,51,53-59H2,1-3H3/b10-7-,11-8-,12-9-,19-16-,20-17-,21-18-,28-25-,29-26-,33-31-,34-27-,39-36-,41-38-,43-40-,48-45-,50-47-,52-49-. The predicted octanol–water partition coefficient (Wildman–Crippen LogP) is 17.5. The Morgan fingerprint density at radius 3 is 0.913 bits per heavy atom. The largest absolute Gasteiger partial charge is 0.462 e.